The van der Waals surface area contributed by atoms with Crippen LogP contribution in [-0.4, -0.2) is 20.7 Å². The van der Waals surface area contributed by atoms with E-state index in [9.17, 15) is 8.42 Å². The van der Waals surface area contributed by atoms with Crippen molar-refractivity contribution in [2.75, 3.05) is 23.3 Å². The van der Waals surface area contributed by atoms with Gasteiger partial charge in [-0.3, -0.25) is 0 Å². The summed E-state index contributed by atoms with van der Waals surface area (Å²) in [5.74, 6) is -0.154. The Bertz CT molecular complexity index is 447. The molecule has 0 amide bonds. The molecule has 0 bridgehead atoms. The van der Waals surface area contributed by atoms with Crippen molar-refractivity contribution in [2.45, 2.75) is 0 Å². The van der Waals surface area contributed by atoms with E-state index in [0.29, 0.717) is 16.4 Å². The Morgan fingerprint density at radius 2 is 2.07 bits per heavy atom. The fraction of sp³-hybridized carbons (Fsp3) is 0.250. The van der Waals surface area contributed by atoms with Crippen LogP contribution in [0, 0.1) is 0 Å². The molecule has 15 heavy (non-hydrogen) atoms. The van der Waals surface area contributed by atoms with Gasteiger partial charge in [-0.05, 0) is 12.1 Å². The van der Waals surface area contributed by atoms with Crippen molar-refractivity contribution in [2.24, 2.45) is 5.14 Å². The topological polar surface area (TPSA) is 98.2 Å². The lowest BCUT2D eigenvalue weighted by atomic mass is 10.2. The molecule has 0 aliphatic heterocycles. The van der Waals surface area contributed by atoms with E-state index in [2.05, 4.69) is 5.32 Å². The first-order chi connectivity index (χ1) is 6.90. The third-order valence-electron chi connectivity index (χ3n) is 1.75. The fourth-order valence-electron chi connectivity index (χ4n) is 1.02. The van der Waals surface area contributed by atoms with E-state index in [1.165, 1.54) is 0 Å². The average Bonchev–Trinajstić information content (AvgIpc) is 2.10. The van der Waals surface area contributed by atoms with Crippen LogP contribution >= 0.6 is 11.6 Å². The molecular formula is C8H12ClN3O2S. The van der Waals surface area contributed by atoms with Crippen LogP contribution in [0.5, 0.6) is 0 Å². The van der Waals surface area contributed by atoms with Crippen molar-refractivity contribution in [1.82, 2.24) is 0 Å². The van der Waals surface area contributed by atoms with Gasteiger partial charge in [0.1, 0.15) is 0 Å². The molecule has 0 saturated carbocycles. The third kappa shape index (κ3) is 3.94. The zero-order valence-corrected chi connectivity index (χ0v) is 9.48. The van der Waals surface area contributed by atoms with Crippen molar-refractivity contribution in [3.8, 4) is 0 Å². The Morgan fingerprint density at radius 3 is 2.67 bits per heavy atom. The molecule has 0 aliphatic carbocycles. The Balaban J connectivity index is 2.62. The Labute approximate surface area is 93.5 Å². The zero-order valence-electron chi connectivity index (χ0n) is 7.90. The van der Waals surface area contributed by atoms with Crippen LogP contribution in [0.4, 0.5) is 11.4 Å². The number of benzene rings is 1. The first kappa shape index (κ1) is 12.1. The highest BCUT2D eigenvalue weighted by atomic mass is 35.5. The number of nitrogens with two attached hydrogens (primary N) is 2. The molecule has 84 valence electrons. The van der Waals surface area contributed by atoms with Crippen LogP contribution < -0.4 is 16.2 Å². The number of nitrogen functional groups attached to an aromatic ring is 1. The Morgan fingerprint density at radius 1 is 1.40 bits per heavy atom. The van der Waals surface area contributed by atoms with E-state index in [-0.39, 0.29) is 12.3 Å². The van der Waals surface area contributed by atoms with Crippen LogP contribution in [0.3, 0.4) is 0 Å². The number of hydrogen-bond donors (Lipinski definition) is 3. The van der Waals surface area contributed by atoms with Crippen molar-refractivity contribution >= 4 is 33.0 Å². The van der Waals surface area contributed by atoms with Crippen LogP contribution in [-0.2, 0) is 10.0 Å². The van der Waals surface area contributed by atoms with Crippen molar-refractivity contribution in [1.29, 1.82) is 0 Å². The van der Waals surface area contributed by atoms with Crippen molar-refractivity contribution < 1.29 is 8.42 Å². The molecule has 0 atom stereocenters. The van der Waals surface area contributed by atoms with Gasteiger partial charge < -0.3 is 11.1 Å². The Hall–Kier alpha value is -0.980. The lowest BCUT2D eigenvalue weighted by molar-refractivity contribution is 0.598. The minimum Gasteiger partial charge on any atom is -0.396 e. The predicted octanol–water partition coefficient (Wildman–Crippen LogP) is 0.623. The number of anilines is 2. The summed E-state index contributed by atoms with van der Waals surface area (Å²) >= 11 is 5.77. The molecule has 0 heterocycles. The highest BCUT2D eigenvalue weighted by Gasteiger charge is 2.04. The van der Waals surface area contributed by atoms with Crippen LogP contribution in [0.1, 0.15) is 0 Å². The predicted molar refractivity (Wildman–Crippen MR) is 62.3 cm³/mol. The van der Waals surface area contributed by atoms with E-state index >= 15 is 0 Å². The molecule has 7 heteroatoms. The van der Waals surface area contributed by atoms with Gasteiger partial charge in [-0.1, -0.05) is 17.7 Å². The minimum atomic E-state index is -3.45. The van der Waals surface area contributed by atoms with E-state index in [4.69, 9.17) is 22.5 Å². The summed E-state index contributed by atoms with van der Waals surface area (Å²) < 4.78 is 21.3. The molecule has 0 unspecified atom stereocenters. The number of halogens is 1. The van der Waals surface area contributed by atoms with Crippen LogP contribution in [0.25, 0.3) is 0 Å². The highest BCUT2D eigenvalue weighted by Crippen LogP contribution is 2.26. The van der Waals surface area contributed by atoms with Gasteiger partial charge >= 0.3 is 0 Å². The normalized spacial score (nSPS) is 11.3. The maximum absolute atomic E-state index is 10.7. The van der Waals surface area contributed by atoms with Crippen LogP contribution in [0.15, 0.2) is 18.2 Å². The maximum Gasteiger partial charge on any atom is 0.210 e. The Kier molecular flexibility index (Phi) is 3.78. The molecular weight excluding hydrogens is 238 g/mol. The van der Waals surface area contributed by atoms with Gasteiger partial charge in [0.2, 0.25) is 10.0 Å². The summed E-state index contributed by atoms with van der Waals surface area (Å²) in [6, 6.07) is 5.09. The highest BCUT2D eigenvalue weighted by molar-refractivity contribution is 7.89. The molecule has 0 radical (unpaired) electrons. The molecule has 1 aromatic rings. The smallest absolute Gasteiger partial charge is 0.210 e. The summed E-state index contributed by atoms with van der Waals surface area (Å²) in [6.45, 7) is 0.198. The monoisotopic (exact) mass is 249 g/mol. The molecule has 0 aromatic heterocycles. The van der Waals surface area contributed by atoms with Gasteiger partial charge in [0, 0.05) is 6.54 Å². The standard InChI is InChI=1S/C8H12ClN3O2S/c9-6-2-1-3-7(8(6)10)12-4-5-15(11,13)14/h1-3,12H,4-5,10H2,(H2,11,13,14). The molecule has 5 N–H and O–H groups in total. The second-order valence-corrected chi connectivity index (χ2v) is 5.14. The first-order valence-corrected chi connectivity index (χ1v) is 6.28. The molecule has 0 spiro atoms. The summed E-state index contributed by atoms with van der Waals surface area (Å²) in [5.41, 5.74) is 6.66. The van der Waals surface area contributed by atoms with Crippen molar-refractivity contribution in [3.05, 3.63) is 23.2 Å². The summed E-state index contributed by atoms with van der Waals surface area (Å²) in [5, 5.41) is 8.11. The number of para-hydroxylation sites is 1. The van der Waals surface area contributed by atoms with Gasteiger partial charge in [-0.15, -0.1) is 0 Å². The molecule has 0 fully saturated rings. The van der Waals surface area contributed by atoms with Crippen molar-refractivity contribution in [3.63, 3.8) is 0 Å². The van der Waals surface area contributed by atoms with Gasteiger partial charge in [-0.2, -0.15) is 0 Å². The summed E-state index contributed by atoms with van der Waals surface area (Å²) in [6.07, 6.45) is 0. The van der Waals surface area contributed by atoms with Gasteiger partial charge in [-0.25, -0.2) is 13.6 Å². The molecule has 1 rings (SSSR count). The van der Waals surface area contributed by atoms with Gasteiger partial charge in [0.05, 0.1) is 22.2 Å². The fourth-order valence-corrected chi connectivity index (χ4v) is 1.58. The lowest BCUT2D eigenvalue weighted by Gasteiger charge is -2.09. The first-order valence-electron chi connectivity index (χ1n) is 4.18. The molecule has 5 nitrogen and oxygen atoms in total. The number of sulfonamides is 1. The number of primary sulfonamides is 1. The molecule has 1 aromatic carbocycles. The quantitative estimate of drug-likeness (QED) is 0.682. The maximum atomic E-state index is 10.7. The van der Waals surface area contributed by atoms with Gasteiger partial charge in [0.25, 0.3) is 0 Å². The second-order valence-electron chi connectivity index (χ2n) is 2.99. The minimum absolute atomic E-state index is 0.154. The SMILES string of the molecule is Nc1c(Cl)cccc1NCCS(N)(=O)=O. The average molecular weight is 250 g/mol. The summed E-state index contributed by atoms with van der Waals surface area (Å²) in [4.78, 5) is 0. The van der Waals surface area contributed by atoms with Gasteiger partial charge in [0.15, 0.2) is 0 Å². The largest absolute Gasteiger partial charge is 0.396 e. The zero-order chi connectivity index (χ0) is 11.5. The molecule has 0 aliphatic rings. The summed E-state index contributed by atoms with van der Waals surface area (Å²) in [7, 11) is -3.45. The van der Waals surface area contributed by atoms with E-state index in [0.717, 1.165) is 0 Å². The number of hydrogen-bond acceptors (Lipinski definition) is 4. The third-order valence-corrected chi connectivity index (χ3v) is 2.86. The van der Waals surface area contributed by atoms with E-state index < -0.39 is 10.0 Å². The number of rotatable bonds is 4. The second kappa shape index (κ2) is 4.69. The van der Waals surface area contributed by atoms with E-state index in [1.54, 1.807) is 18.2 Å². The number of nitrogens with one attached hydrogen (secondary N) is 1. The van der Waals surface area contributed by atoms with Crippen LogP contribution in [0.2, 0.25) is 5.02 Å². The van der Waals surface area contributed by atoms with E-state index in [1.807, 2.05) is 0 Å². The lowest BCUT2D eigenvalue weighted by Crippen LogP contribution is -2.22. The molecule has 0 saturated heterocycles.